The zero-order valence-corrected chi connectivity index (χ0v) is 7.76. The van der Waals surface area contributed by atoms with E-state index < -0.39 is 0 Å². The Morgan fingerprint density at radius 3 is 2.92 bits per heavy atom. The largest absolute Gasteiger partial charge is 0.391 e. The minimum atomic E-state index is -0.315. The van der Waals surface area contributed by atoms with E-state index in [1.165, 1.54) is 0 Å². The first-order valence-corrected chi connectivity index (χ1v) is 4.79. The van der Waals surface area contributed by atoms with Crippen LogP contribution < -0.4 is 0 Å². The van der Waals surface area contributed by atoms with E-state index >= 15 is 0 Å². The fourth-order valence-corrected chi connectivity index (χ4v) is 1.48. The number of likely N-dealkylation sites (tertiary alicyclic amines) is 1. The monoisotopic (exact) mass is 191 g/mol. The van der Waals surface area contributed by atoms with Crippen molar-refractivity contribution in [2.45, 2.75) is 25.4 Å². The Kier molecular flexibility index (Phi) is 3.82. The third kappa shape index (κ3) is 2.64. The molecule has 1 heterocycles. The number of carbonyl (C=O) groups is 1. The maximum Gasteiger partial charge on any atom is 0.222 e. The van der Waals surface area contributed by atoms with Crippen molar-refractivity contribution in [1.82, 2.24) is 4.90 Å². The number of nitrogens with zero attached hydrogens (tertiary/aromatic N) is 1. The van der Waals surface area contributed by atoms with Gasteiger partial charge in [0.15, 0.2) is 0 Å². The molecule has 0 bridgehead atoms. The third-order valence-electron chi connectivity index (χ3n) is 2.04. The Bertz CT molecular complexity index is 163. The highest BCUT2D eigenvalue weighted by atomic mass is 35.5. The van der Waals surface area contributed by atoms with Crippen molar-refractivity contribution in [2.24, 2.45) is 0 Å². The van der Waals surface area contributed by atoms with E-state index in [0.717, 1.165) is 6.42 Å². The zero-order chi connectivity index (χ0) is 8.97. The second-order valence-corrected chi connectivity index (χ2v) is 3.45. The van der Waals surface area contributed by atoms with Gasteiger partial charge in [-0.1, -0.05) is 0 Å². The molecular formula is C8H14ClNO2. The normalized spacial score (nSPS) is 23.2. The van der Waals surface area contributed by atoms with E-state index in [1.54, 1.807) is 4.90 Å². The molecule has 1 aliphatic heterocycles. The molecule has 3 nitrogen and oxygen atoms in total. The summed E-state index contributed by atoms with van der Waals surface area (Å²) in [5.74, 6) is 0.648. The number of hydrogen-bond donors (Lipinski definition) is 1. The number of aliphatic hydroxyl groups is 1. The first kappa shape index (κ1) is 9.81. The average Bonchev–Trinajstić information content (AvgIpc) is 2.47. The molecule has 0 aromatic heterocycles. The maximum absolute atomic E-state index is 11.3. The topological polar surface area (TPSA) is 40.5 Å². The van der Waals surface area contributed by atoms with Gasteiger partial charge in [0.2, 0.25) is 5.91 Å². The first-order valence-electron chi connectivity index (χ1n) is 4.26. The van der Waals surface area contributed by atoms with Gasteiger partial charge in [-0.15, -0.1) is 11.6 Å². The number of β-amino-alcohol motifs (C(OH)–C–C–N with tert-alkyl or cyclic N) is 1. The van der Waals surface area contributed by atoms with Crippen LogP contribution in [-0.2, 0) is 4.79 Å². The molecule has 1 N–H and O–H groups in total. The maximum atomic E-state index is 11.3. The van der Waals surface area contributed by atoms with Gasteiger partial charge in [-0.2, -0.15) is 0 Å². The molecular weight excluding hydrogens is 178 g/mol. The van der Waals surface area contributed by atoms with Gasteiger partial charge in [0.1, 0.15) is 0 Å². The molecule has 0 spiro atoms. The highest BCUT2D eigenvalue weighted by molar-refractivity contribution is 6.17. The summed E-state index contributed by atoms with van der Waals surface area (Å²) < 4.78 is 0. The fourth-order valence-electron chi connectivity index (χ4n) is 1.34. The van der Waals surface area contributed by atoms with Gasteiger partial charge in [-0.25, -0.2) is 0 Å². The molecule has 1 rings (SSSR count). The van der Waals surface area contributed by atoms with Crippen molar-refractivity contribution in [3.63, 3.8) is 0 Å². The molecule has 70 valence electrons. The quantitative estimate of drug-likeness (QED) is 0.664. The number of alkyl halides is 1. The molecule has 1 amide bonds. The van der Waals surface area contributed by atoms with Crippen molar-refractivity contribution < 1.29 is 9.90 Å². The van der Waals surface area contributed by atoms with E-state index in [-0.39, 0.29) is 12.0 Å². The summed E-state index contributed by atoms with van der Waals surface area (Å²) in [5.41, 5.74) is 0. The Labute approximate surface area is 77.3 Å². The number of rotatable bonds is 3. The molecule has 0 aromatic rings. The van der Waals surface area contributed by atoms with Gasteiger partial charge in [-0.05, 0) is 12.8 Å². The smallest absolute Gasteiger partial charge is 0.222 e. The summed E-state index contributed by atoms with van der Waals surface area (Å²) in [7, 11) is 0. The molecule has 0 aromatic carbocycles. The molecule has 1 atom stereocenters. The van der Waals surface area contributed by atoms with E-state index in [1.807, 2.05) is 0 Å². The van der Waals surface area contributed by atoms with E-state index in [4.69, 9.17) is 16.7 Å². The summed E-state index contributed by atoms with van der Waals surface area (Å²) in [6.45, 7) is 1.20. The second-order valence-electron chi connectivity index (χ2n) is 3.07. The van der Waals surface area contributed by atoms with Crippen molar-refractivity contribution in [3.8, 4) is 0 Å². The molecule has 0 saturated carbocycles. The van der Waals surface area contributed by atoms with Crippen LogP contribution in [0.25, 0.3) is 0 Å². The molecule has 0 aliphatic carbocycles. The van der Waals surface area contributed by atoms with Gasteiger partial charge < -0.3 is 10.0 Å². The van der Waals surface area contributed by atoms with Crippen molar-refractivity contribution in [2.75, 3.05) is 19.0 Å². The predicted octanol–water partition coefficient (Wildman–Crippen LogP) is 0.599. The minimum Gasteiger partial charge on any atom is -0.391 e. The average molecular weight is 192 g/mol. The molecule has 1 saturated heterocycles. The SMILES string of the molecule is O=C(CCCCl)N1CCC(O)C1. The van der Waals surface area contributed by atoms with Gasteiger partial charge >= 0.3 is 0 Å². The number of hydrogen-bond acceptors (Lipinski definition) is 2. The molecule has 0 radical (unpaired) electrons. The predicted molar refractivity (Wildman–Crippen MR) is 47.2 cm³/mol. The highest BCUT2D eigenvalue weighted by Crippen LogP contribution is 2.10. The lowest BCUT2D eigenvalue weighted by atomic mass is 10.3. The summed E-state index contributed by atoms with van der Waals surface area (Å²) in [6.07, 6.45) is 1.64. The minimum absolute atomic E-state index is 0.118. The van der Waals surface area contributed by atoms with E-state index in [9.17, 15) is 4.79 Å². The fraction of sp³-hybridized carbons (Fsp3) is 0.875. The van der Waals surface area contributed by atoms with Crippen LogP contribution in [0, 0.1) is 0 Å². The van der Waals surface area contributed by atoms with Crippen molar-refractivity contribution in [3.05, 3.63) is 0 Å². The third-order valence-corrected chi connectivity index (χ3v) is 2.31. The van der Waals surface area contributed by atoms with Gasteiger partial charge in [0.05, 0.1) is 6.10 Å². The standard InChI is InChI=1S/C8H14ClNO2/c9-4-1-2-8(12)10-5-3-7(11)6-10/h7,11H,1-6H2. The van der Waals surface area contributed by atoms with Crippen LogP contribution in [0.2, 0.25) is 0 Å². The Morgan fingerprint density at radius 2 is 2.42 bits per heavy atom. The van der Waals surface area contributed by atoms with E-state index in [2.05, 4.69) is 0 Å². The Morgan fingerprint density at radius 1 is 1.67 bits per heavy atom. The number of amides is 1. The Hall–Kier alpha value is -0.280. The van der Waals surface area contributed by atoms with Gasteiger partial charge in [0, 0.05) is 25.4 Å². The van der Waals surface area contributed by atoms with E-state index in [0.29, 0.717) is 31.8 Å². The first-order chi connectivity index (χ1) is 5.74. The van der Waals surface area contributed by atoms with Crippen molar-refractivity contribution in [1.29, 1.82) is 0 Å². The number of halogens is 1. The molecule has 1 fully saturated rings. The lowest BCUT2D eigenvalue weighted by Gasteiger charge is -2.14. The Balaban J connectivity index is 2.23. The number of aliphatic hydroxyl groups excluding tert-OH is 1. The highest BCUT2D eigenvalue weighted by Gasteiger charge is 2.23. The summed E-state index contributed by atoms with van der Waals surface area (Å²) >= 11 is 5.46. The van der Waals surface area contributed by atoms with Gasteiger partial charge in [-0.3, -0.25) is 4.79 Å². The summed E-state index contributed by atoms with van der Waals surface area (Å²) in [5, 5.41) is 9.15. The van der Waals surface area contributed by atoms with Gasteiger partial charge in [0.25, 0.3) is 0 Å². The molecule has 1 aliphatic rings. The molecule has 4 heteroatoms. The van der Waals surface area contributed by atoms with Crippen LogP contribution in [0.15, 0.2) is 0 Å². The summed E-state index contributed by atoms with van der Waals surface area (Å²) in [6, 6.07) is 0. The van der Waals surface area contributed by atoms with Crippen molar-refractivity contribution >= 4 is 17.5 Å². The number of carbonyl (C=O) groups excluding carboxylic acids is 1. The zero-order valence-electron chi connectivity index (χ0n) is 7.00. The van der Waals surface area contributed by atoms with Crippen LogP contribution in [0.4, 0.5) is 0 Å². The van der Waals surface area contributed by atoms with Crippen LogP contribution in [0.3, 0.4) is 0 Å². The van der Waals surface area contributed by atoms with Crippen LogP contribution in [0.1, 0.15) is 19.3 Å². The lowest BCUT2D eigenvalue weighted by molar-refractivity contribution is -0.130. The molecule has 12 heavy (non-hydrogen) atoms. The molecule has 1 unspecified atom stereocenters. The summed E-state index contributed by atoms with van der Waals surface area (Å²) in [4.78, 5) is 13.0. The van der Waals surface area contributed by atoms with Crippen LogP contribution in [0.5, 0.6) is 0 Å². The van der Waals surface area contributed by atoms with Crippen LogP contribution in [-0.4, -0.2) is 41.0 Å². The van der Waals surface area contributed by atoms with Crippen LogP contribution >= 0.6 is 11.6 Å². The lowest BCUT2D eigenvalue weighted by Crippen LogP contribution is -2.29. The second kappa shape index (κ2) is 4.67.